The molecule has 0 heterocycles. The van der Waals surface area contributed by atoms with Crippen molar-refractivity contribution in [2.24, 2.45) is 0 Å². The monoisotopic (exact) mass is 502 g/mol. The van der Waals surface area contributed by atoms with Gasteiger partial charge in [-0.1, -0.05) is 117 Å². The summed E-state index contributed by atoms with van der Waals surface area (Å²) >= 11 is 0. The van der Waals surface area contributed by atoms with Gasteiger partial charge in [-0.3, -0.25) is 0 Å². The highest BCUT2D eigenvalue weighted by Gasteiger charge is 2.11. The fraction of sp³-hybridized carbons (Fsp3) is 0.114. The predicted octanol–water partition coefficient (Wildman–Crippen LogP) is 8.74. The van der Waals surface area contributed by atoms with Crippen LogP contribution in [0.2, 0.25) is 0 Å². The second kappa shape index (κ2) is 14.9. The van der Waals surface area contributed by atoms with Gasteiger partial charge in [0.2, 0.25) is 0 Å². The molecule has 0 aliphatic carbocycles. The molecular formula is C35H34O3. The van der Waals surface area contributed by atoms with Gasteiger partial charge in [-0.15, -0.1) is 0 Å². The van der Waals surface area contributed by atoms with E-state index in [0.29, 0.717) is 6.42 Å². The maximum absolute atomic E-state index is 9.17. The average Bonchev–Trinajstić information content (AvgIpc) is 2.99. The Bertz CT molecular complexity index is 1450. The van der Waals surface area contributed by atoms with Crippen LogP contribution in [0, 0.1) is 0 Å². The van der Waals surface area contributed by atoms with E-state index in [2.05, 4.69) is 79.4 Å². The minimum absolute atomic E-state index is 0.639. The summed E-state index contributed by atoms with van der Waals surface area (Å²) in [5.41, 5.74) is 5.94. The van der Waals surface area contributed by atoms with Gasteiger partial charge in [0.15, 0.2) is 0 Å². The van der Waals surface area contributed by atoms with E-state index >= 15 is 0 Å². The summed E-state index contributed by atoms with van der Waals surface area (Å²) in [5, 5.41) is 9.56. The highest BCUT2D eigenvalue weighted by atomic mass is 16.5. The number of rotatable bonds is 7. The standard InChI is InChI=1S/C31H24O.C3H6O.CH4O/c1-2-23-19-20-26(30-17-8-9-18-31(30)32-28-14-4-3-5-15-28)22-27(23)21-25-13-10-12-24-11-6-7-16-29(24)25;1-2-3-4;1-2/h2-20,22H,1,21H2;3H,2H2,1H3;2H,1H3. The molecule has 38 heavy (non-hydrogen) atoms. The van der Waals surface area contributed by atoms with Crippen LogP contribution in [0.15, 0.2) is 122 Å². The lowest BCUT2D eigenvalue weighted by Gasteiger charge is -2.14. The zero-order chi connectivity index (χ0) is 27.2. The Labute approximate surface area is 225 Å². The lowest BCUT2D eigenvalue weighted by molar-refractivity contribution is -0.107. The number of carbonyl (C=O) groups excluding carboxylic acids is 1. The van der Waals surface area contributed by atoms with E-state index in [4.69, 9.17) is 9.84 Å². The van der Waals surface area contributed by atoms with Crippen LogP contribution in [0.3, 0.4) is 0 Å². The van der Waals surface area contributed by atoms with E-state index in [1.54, 1.807) is 0 Å². The van der Waals surface area contributed by atoms with Crippen molar-refractivity contribution in [1.82, 2.24) is 0 Å². The van der Waals surface area contributed by atoms with Crippen molar-refractivity contribution < 1.29 is 14.6 Å². The summed E-state index contributed by atoms with van der Waals surface area (Å²) in [6.45, 7) is 5.86. The molecule has 0 aliphatic rings. The minimum atomic E-state index is 0.639. The zero-order valence-corrected chi connectivity index (χ0v) is 22.0. The van der Waals surface area contributed by atoms with Crippen LogP contribution in [-0.4, -0.2) is 18.5 Å². The lowest BCUT2D eigenvalue weighted by atomic mass is 9.92. The number of aldehydes is 1. The third-order valence-corrected chi connectivity index (χ3v) is 5.96. The van der Waals surface area contributed by atoms with Gasteiger partial charge < -0.3 is 14.6 Å². The Balaban J connectivity index is 0.000000612. The Hall–Kier alpha value is -4.47. The highest BCUT2D eigenvalue weighted by molar-refractivity contribution is 5.86. The van der Waals surface area contributed by atoms with Gasteiger partial charge in [0.1, 0.15) is 17.8 Å². The number of para-hydroxylation sites is 2. The van der Waals surface area contributed by atoms with Gasteiger partial charge in [-0.2, -0.15) is 0 Å². The molecule has 5 aromatic carbocycles. The molecule has 0 aromatic heterocycles. The topological polar surface area (TPSA) is 46.5 Å². The van der Waals surface area contributed by atoms with E-state index in [-0.39, 0.29) is 0 Å². The van der Waals surface area contributed by atoms with Gasteiger partial charge in [0.05, 0.1) is 0 Å². The number of aliphatic hydroxyl groups is 1. The van der Waals surface area contributed by atoms with E-state index in [9.17, 15) is 4.79 Å². The molecule has 0 radical (unpaired) electrons. The molecule has 5 aromatic rings. The SMILES string of the molecule is C=Cc1ccc(-c2ccccc2Oc2ccccc2)cc1Cc1cccc2ccccc12.CCC=O.CO. The first kappa shape index (κ1) is 28.1. The molecule has 0 unspecified atom stereocenters. The smallest absolute Gasteiger partial charge is 0.135 e. The summed E-state index contributed by atoms with van der Waals surface area (Å²) < 4.78 is 6.22. The van der Waals surface area contributed by atoms with Crippen molar-refractivity contribution in [2.75, 3.05) is 7.11 Å². The number of hydrogen-bond donors (Lipinski definition) is 1. The van der Waals surface area contributed by atoms with Crippen LogP contribution in [0.5, 0.6) is 11.5 Å². The molecule has 1 N–H and O–H groups in total. The Kier molecular flexibility index (Phi) is 11.0. The number of carbonyl (C=O) groups is 1. The molecule has 0 bridgehead atoms. The van der Waals surface area contributed by atoms with E-state index < -0.39 is 0 Å². The highest BCUT2D eigenvalue weighted by Crippen LogP contribution is 2.35. The number of fused-ring (bicyclic) bond motifs is 1. The van der Waals surface area contributed by atoms with Crippen molar-refractivity contribution in [3.05, 3.63) is 139 Å². The first-order valence-corrected chi connectivity index (χ1v) is 12.7. The summed E-state index contributed by atoms with van der Waals surface area (Å²) in [4.78, 5) is 9.17. The molecule has 0 atom stereocenters. The second-order valence-corrected chi connectivity index (χ2v) is 8.42. The molecule has 0 saturated heterocycles. The number of aliphatic hydroxyl groups excluding tert-OH is 1. The number of hydrogen-bond acceptors (Lipinski definition) is 3. The van der Waals surface area contributed by atoms with Crippen LogP contribution in [-0.2, 0) is 11.2 Å². The second-order valence-electron chi connectivity index (χ2n) is 8.42. The van der Waals surface area contributed by atoms with Crippen LogP contribution >= 0.6 is 0 Å². The van der Waals surface area contributed by atoms with Crippen molar-refractivity contribution in [1.29, 1.82) is 0 Å². The summed E-state index contributed by atoms with van der Waals surface area (Å²) in [6, 6.07) is 39.8. The van der Waals surface area contributed by atoms with Crippen molar-refractivity contribution in [3.63, 3.8) is 0 Å². The van der Waals surface area contributed by atoms with Gasteiger partial charge in [0, 0.05) is 19.1 Å². The van der Waals surface area contributed by atoms with Gasteiger partial charge in [-0.25, -0.2) is 0 Å². The molecule has 0 aliphatic heterocycles. The summed E-state index contributed by atoms with van der Waals surface area (Å²) in [6.07, 6.45) is 4.30. The van der Waals surface area contributed by atoms with Gasteiger partial charge in [0.25, 0.3) is 0 Å². The van der Waals surface area contributed by atoms with Gasteiger partial charge in [-0.05, 0) is 57.6 Å². The lowest BCUT2D eigenvalue weighted by Crippen LogP contribution is -1.95. The molecular weight excluding hydrogens is 468 g/mol. The Morgan fingerprint density at radius 1 is 0.763 bits per heavy atom. The number of benzene rings is 5. The van der Waals surface area contributed by atoms with E-state index in [1.165, 1.54) is 21.9 Å². The third-order valence-electron chi connectivity index (χ3n) is 5.96. The van der Waals surface area contributed by atoms with Crippen molar-refractivity contribution in [2.45, 2.75) is 19.8 Å². The quantitative estimate of drug-likeness (QED) is 0.226. The molecule has 192 valence electrons. The first-order valence-electron chi connectivity index (χ1n) is 12.7. The molecule has 0 saturated carbocycles. The molecule has 0 amide bonds. The third kappa shape index (κ3) is 7.28. The van der Waals surface area contributed by atoms with E-state index in [1.807, 2.05) is 55.5 Å². The van der Waals surface area contributed by atoms with Crippen molar-refractivity contribution in [3.8, 4) is 22.6 Å². The van der Waals surface area contributed by atoms with Crippen LogP contribution in [0.25, 0.3) is 28.0 Å². The summed E-state index contributed by atoms with van der Waals surface area (Å²) in [7, 11) is 1.00. The maximum atomic E-state index is 9.17. The van der Waals surface area contributed by atoms with Crippen molar-refractivity contribution >= 4 is 23.1 Å². The summed E-state index contributed by atoms with van der Waals surface area (Å²) in [5.74, 6) is 1.68. The first-order chi connectivity index (χ1) is 18.7. The molecule has 3 heteroatoms. The Morgan fingerprint density at radius 3 is 2.16 bits per heavy atom. The largest absolute Gasteiger partial charge is 0.457 e. The minimum Gasteiger partial charge on any atom is -0.457 e. The van der Waals surface area contributed by atoms with Crippen LogP contribution in [0.4, 0.5) is 0 Å². The van der Waals surface area contributed by atoms with Crippen LogP contribution < -0.4 is 4.74 Å². The van der Waals surface area contributed by atoms with Gasteiger partial charge >= 0.3 is 0 Å². The fourth-order valence-electron chi connectivity index (χ4n) is 4.19. The predicted molar refractivity (Wildman–Crippen MR) is 160 cm³/mol. The molecule has 0 spiro atoms. The molecule has 5 rings (SSSR count). The molecule has 0 fully saturated rings. The number of ether oxygens (including phenoxy) is 1. The van der Waals surface area contributed by atoms with Crippen LogP contribution in [0.1, 0.15) is 30.0 Å². The average molecular weight is 503 g/mol. The maximum Gasteiger partial charge on any atom is 0.135 e. The Morgan fingerprint density at radius 2 is 1.42 bits per heavy atom. The normalized spacial score (nSPS) is 9.87. The molecule has 3 nitrogen and oxygen atoms in total. The van der Waals surface area contributed by atoms with E-state index in [0.717, 1.165) is 48.0 Å². The zero-order valence-electron chi connectivity index (χ0n) is 22.0. The fourth-order valence-corrected chi connectivity index (χ4v) is 4.19.